The molecule has 2 aromatic carbocycles. The van der Waals surface area contributed by atoms with E-state index in [1.165, 1.54) is 10.3 Å². The summed E-state index contributed by atoms with van der Waals surface area (Å²) in [6, 6.07) is 18.4. The molecule has 2 nitrogen and oxygen atoms in total. The highest BCUT2D eigenvalue weighted by molar-refractivity contribution is 7.10. The number of fused-ring (bicyclic) bond motifs is 1. The Hall–Kier alpha value is -2.13. The lowest BCUT2D eigenvalue weighted by Crippen LogP contribution is -2.27. The molecule has 0 aliphatic rings. The lowest BCUT2D eigenvalue weighted by atomic mass is 10.0. The molecule has 21 heavy (non-hydrogen) atoms. The van der Waals surface area contributed by atoms with Gasteiger partial charge in [-0.2, -0.15) is 0 Å². The first-order valence-electron chi connectivity index (χ1n) is 7.03. The van der Waals surface area contributed by atoms with Crippen molar-refractivity contribution in [1.29, 1.82) is 0 Å². The van der Waals surface area contributed by atoms with Crippen LogP contribution in [0.1, 0.15) is 23.4 Å². The summed E-state index contributed by atoms with van der Waals surface area (Å²) in [5.41, 5.74) is 1.07. The Morgan fingerprint density at radius 2 is 1.90 bits per heavy atom. The number of thiophene rings is 1. The van der Waals surface area contributed by atoms with E-state index in [1.807, 2.05) is 48.7 Å². The van der Waals surface area contributed by atoms with Gasteiger partial charge in [-0.05, 0) is 34.7 Å². The van der Waals surface area contributed by atoms with Gasteiger partial charge in [-0.25, -0.2) is 0 Å². The summed E-state index contributed by atoms with van der Waals surface area (Å²) in [6.07, 6.45) is 0.414. The van der Waals surface area contributed by atoms with E-state index in [0.717, 1.165) is 10.9 Å². The molecule has 1 unspecified atom stereocenters. The molecular formula is C18H17NOS. The summed E-state index contributed by atoms with van der Waals surface area (Å²) < 4.78 is 0. The van der Waals surface area contributed by atoms with Crippen LogP contribution in [-0.2, 0) is 11.2 Å². The average molecular weight is 295 g/mol. The third-order valence-electron chi connectivity index (χ3n) is 3.58. The van der Waals surface area contributed by atoms with Crippen LogP contribution in [0.4, 0.5) is 0 Å². The van der Waals surface area contributed by atoms with Crippen LogP contribution in [0, 0.1) is 0 Å². The molecule has 1 N–H and O–H groups in total. The molecule has 1 heterocycles. The standard InChI is InChI=1S/C18H17NOS/c1-13(17-10-5-11-21-17)19-18(20)12-15-8-4-7-14-6-2-3-9-16(14)15/h2-11,13H,12H2,1H3,(H,19,20). The van der Waals surface area contributed by atoms with Crippen LogP contribution in [-0.4, -0.2) is 5.91 Å². The van der Waals surface area contributed by atoms with Gasteiger partial charge in [0, 0.05) is 4.88 Å². The number of hydrogen-bond donors (Lipinski definition) is 1. The predicted molar refractivity (Wildman–Crippen MR) is 88.5 cm³/mol. The highest BCUT2D eigenvalue weighted by atomic mass is 32.1. The molecule has 0 aliphatic carbocycles. The van der Waals surface area contributed by atoms with Gasteiger partial charge in [0.2, 0.25) is 5.91 Å². The minimum atomic E-state index is 0.0623. The van der Waals surface area contributed by atoms with Crippen LogP contribution >= 0.6 is 11.3 Å². The van der Waals surface area contributed by atoms with Crippen molar-refractivity contribution in [1.82, 2.24) is 5.32 Å². The maximum atomic E-state index is 12.3. The van der Waals surface area contributed by atoms with Crippen molar-refractivity contribution in [3.63, 3.8) is 0 Å². The lowest BCUT2D eigenvalue weighted by molar-refractivity contribution is -0.121. The number of hydrogen-bond acceptors (Lipinski definition) is 2. The molecule has 0 saturated carbocycles. The molecule has 1 atom stereocenters. The van der Waals surface area contributed by atoms with Crippen molar-refractivity contribution >= 4 is 28.0 Å². The Balaban J connectivity index is 1.75. The minimum absolute atomic E-state index is 0.0623. The molecule has 1 amide bonds. The van der Waals surface area contributed by atoms with E-state index < -0.39 is 0 Å². The molecule has 0 spiro atoms. The molecule has 0 fully saturated rings. The first-order valence-corrected chi connectivity index (χ1v) is 7.91. The summed E-state index contributed by atoms with van der Waals surface area (Å²) in [5.74, 6) is 0.0623. The van der Waals surface area contributed by atoms with Crippen molar-refractivity contribution in [3.05, 3.63) is 70.4 Å². The van der Waals surface area contributed by atoms with E-state index >= 15 is 0 Å². The molecular weight excluding hydrogens is 278 g/mol. The zero-order chi connectivity index (χ0) is 14.7. The maximum Gasteiger partial charge on any atom is 0.224 e. The molecule has 106 valence electrons. The van der Waals surface area contributed by atoms with Crippen LogP contribution in [0.25, 0.3) is 10.8 Å². The van der Waals surface area contributed by atoms with Crippen molar-refractivity contribution in [2.45, 2.75) is 19.4 Å². The van der Waals surface area contributed by atoms with Crippen LogP contribution < -0.4 is 5.32 Å². The first-order chi connectivity index (χ1) is 10.2. The van der Waals surface area contributed by atoms with E-state index in [9.17, 15) is 4.79 Å². The Morgan fingerprint density at radius 3 is 2.71 bits per heavy atom. The van der Waals surface area contributed by atoms with Gasteiger partial charge in [0.1, 0.15) is 0 Å². The fraction of sp³-hybridized carbons (Fsp3) is 0.167. The third-order valence-corrected chi connectivity index (χ3v) is 4.63. The molecule has 0 radical (unpaired) electrons. The van der Waals surface area contributed by atoms with Crippen molar-refractivity contribution in [2.24, 2.45) is 0 Å². The second-order valence-electron chi connectivity index (χ2n) is 5.12. The maximum absolute atomic E-state index is 12.3. The van der Waals surface area contributed by atoms with Crippen molar-refractivity contribution < 1.29 is 4.79 Å². The summed E-state index contributed by atoms with van der Waals surface area (Å²) >= 11 is 1.67. The van der Waals surface area contributed by atoms with Gasteiger partial charge in [0.15, 0.2) is 0 Å². The van der Waals surface area contributed by atoms with E-state index in [1.54, 1.807) is 11.3 Å². The Kier molecular flexibility index (Phi) is 4.02. The topological polar surface area (TPSA) is 29.1 Å². The van der Waals surface area contributed by atoms with Gasteiger partial charge >= 0.3 is 0 Å². The van der Waals surface area contributed by atoms with Crippen molar-refractivity contribution in [3.8, 4) is 0 Å². The van der Waals surface area contributed by atoms with E-state index in [4.69, 9.17) is 0 Å². The fourth-order valence-electron chi connectivity index (χ4n) is 2.52. The monoisotopic (exact) mass is 295 g/mol. The normalized spacial score (nSPS) is 12.2. The highest BCUT2D eigenvalue weighted by Gasteiger charge is 2.12. The summed E-state index contributed by atoms with van der Waals surface area (Å²) in [4.78, 5) is 13.4. The molecule has 0 bridgehead atoms. The van der Waals surface area contributed by atoms with Crippen LogP contribution in [0.3, 0.4) is 0 Å². The number of carbonyl (C=O) groups is 1. The lowest BCUT2D eigenvalue weighted by Gasteiger charge is -2.13. The van der Waals surface area contributed by atoms with Gasteiger partial charge < -0.3 is 5.32 Å². The molecule has 3 rings (SSSR count). The van der Waals surface area contributed by atoms with Crippen LogP contribution in [0.15, 0.2) is 60.0 Å². The van der Waals surface area contributed by atoms with E-state index in [0.29, 0.717) is 6.42 Å². The SMILES string of the molecule is CC(NC(=O)Cc1cccc2ccccc12)c1cccs1. The van der Waals surface area contributed by atoms with Crippen LogP contribution in [0.2, 0.25) is 0 Å². The molecule has 0 saturated heterocycles. The molecule has 3 heteroatoms. The smallest absolute Gasteiger partial charge is 0.224 e. The van der Waals surface area contributed by atoms with Gasteiger partial charge in [0.05, 0.1) is 12.5 Å². The Bertz CT molecular complexity index is 744. The Labute approximate surface area is 128 Å². The first kappa shape index (κ1) is 13.8. The van der Waals surface area contributed by atoms with Gasteiger partial charge in [-0.1, -0.05) is 48.5 Å². The van der Waals surface area contributed by atoms with Gasteiger partial charge in [-0.15, -0.1) is 11.3 Å². The zero-order valence-electron chi connectivity index (χ0n) is 11.9. The summed E-state index contributed by atoms with van der Waals surface area (Å²) in [7, 11) is 0. The van der Waals surface area contributed by atoms with Crippen LogP contribution in [0.5, 0.6) is 0 Å². The van der Waals surface area contributed by atoms with Gasteiger partial charge in [0.25, 0.3) is 0 Å². The van der Waals surface area contributed by atoms with Gasteiger partial charge in [-0.3, -0.25) is 4.79 Å². The third kappa shape index (κ3) is 3.14. The quantitative estimate of drug-likeness (QED) is 0.763. The zero-order valence-corrected chi connectivity index (χ0v) is 12.7. The minimum Gasteiger partial charge on any atom is -0.348 e. The average Bonchev–Trinajstić information content (AvgIpc) is 3.02. The summed E-state index contributed by atoms with van der Waals surface area (Å²) in [5, 5.41) is 7.42. The highest BCUT2D eigenvalue weighted by Crippen LogP contribution is 2.20. The predicted octanol–water partition coefficient (Wildman–Crippen LogP) is 4.32. The number of rotatable bonds is 4. The van der Waals surface area contributed by atoms with Crippen molar-refractivity contribution in [2.75, 3.05) is 0 Å². The van der Waals surface area contributed by atoms with E-state index in [-0.39, 0.29) is 11.9 Å². The Morgan fingerprint density at radius 1 is 1.10 bits per heavy atom. The molecule has 1 aromatic heterocycles. The molecule has 0 aliphatic heterocycles. The number of benzene rings is 2. The summed E-state index contributed by atoms with van der Waals surface area (Å²) in [6.45, 7) is 2.02. The molecule has 3 aromatic rings. The van der Waals surface area contributed by atoms with E-state index in [2.05, 4.69) is 23.5 Å². The number of carbonyl (C=O) groups excluding carboxylic acids is 1. The fourth-order valence-corrected chi connectivity index (χ4v) is 3.26. The second-order valence-corrected chi connectivity index (χ2v) is 6.10. The largest absolute Gasteiger partial charge is 0.348 e. The second kappa shape index (κ2) is 6.10. The number of amides is 1. The number of nitrogens with one attached hydrogen (secondary N) is 1.